The lowest BCUT2D eigenvalue weighted by molar-refractivity contribution is 0.0282. The van der Waals surface area contributed by atoms with Crippen molar-refractivity contribution in [2.24, 2.45) is 0 Å². The van der Waals surface area contributed by atoms with Gasteiger partial charge in [-0.3, -0.25) is 0 Å². The smallest absolute Gasteiger partial charge is 0.339 e. The van der Waals surface area contributed by atoms with E-state index in [2.05, 4.69) is 15.3 Å². The van der Waals surface area contributed by atoms with Crippen LogP contribution in [0.15, 0.2) is 51.7 Å². The summed E-state index contributed by atoms with van der Waals surface area (Å²) >= 11 is 3.06. The molecule has 0 amide bonds. The van der Waals surface area contributed by atoms with Gasteiger partial charge in [-0.05, 0) is 49.7 Å². The molecule has 0 radical (unpaired) electrons. The van der Waals surface area contributed by atoms with E-state index in [1.807, 2.05) is 48.9 Å². The summed E-state index contributed by atoms with van der Waals surface area (Å²) in [4.78, 5) is 19.8. The number of rotatable bonds is 6. The van der Waals surface area contributed by atoms with Crippen molar-refractivity contribution < 1.29 is 13.9 Å². The Bertz CT molecular complexity index is 1370. The summed E-state index contributed by atoms with van der Waals surface area (Å²) < 4.78 is 13.2. The fourth-order valence-electron chi connectivity index (χ4n) is 3.29. The first-order valence-corrected chi connectivity index (χ1v) is 11.8. The fraction of sp³-hybridized carbons (Fsp3) is 0.227. The first-order chi connectivity index (χ1) is 15.5. The SMILES string of the molecule is CC(OC(=O)c1cc(-c2cccs2)nc2c1cnn2C(C)C)c1nnc(-c2cccs2)o1. The lowest BCUT2D eigenvalue weighted by Gasteiger charge is -2.12. The van der Waals surface area contributed by atoms with E-state index in [0.717, 1.165) is 9.75 Å². The molecule has 0 saturated heterocycles. The number of hydrogen-bond donors (Lipinski definition) is 0. The van der Waals surface area contributed by atoms with Crippen LogP contribution in [0.5, 0.6) is 0 Å². The minimum atomic E-state index is -0.711. The summed E-state index contributed by atoms with van der Waals surface area (Å²) in [6.45, 7) is 5.75. The molecule has 0 N–H and O–H groups in total. The minimum absolute atomic E-state index is 0.0930. The number of hydrogen-bond acceptors (Lipinski definition) is 9. The highest BCUT2D eigenvalue weighted by Crippen LogP contribution is 2.31. The molecule has 0 saturated carbocycles. The van der Waals surface area contributed by atoms with Gasteiger partial charge in [0.15, 0.2) is 11.8 Å². The molecule has 0 bridgehead atoms. The molecule has 1 atom stereocenters. The average Bonchev–Trinajstić information content (AvgIpc) is 3.57. The molecule has 0 aromatic carbocycles. The maximum atomic E-state index is 13.2. The van der Waals surface area contributed by atoms with Gasteiger partial charge >= 0.3 is 5.97 Å². The highest BCUT2D eigenvalue weighted by Gasteiger charge is 2.24. The Kier molecular flexibility index (Phi) is 5.32. The van der Waals surface area contributed by atoms with Crippen molar-refractivity contribution in [1.82, 2.24) is 25.0 Å². The third kappa shape index (κ3) is 3.71. The molecule has 1 unspecified atom stereocenters. The van der Waals surface area contributed by atoms with Crippen molar-refractivity contribution >= 4 is 39.7 Å². The number of pyridine rings is 1. The van der Waals surface area contributed by atoms with E-state index in [9.17, 15) is 4.79 Å². The van der Waals surface area contributed by atoms with Gasteiger partial charge in [-0.2, -0.15) is 5.10 Å². The number of ether oxygens (including phenoxy) is 1. The highest BCUT2D eigenvalue weighted by molar-refractivity contribution is 7.13. The number of aromatic nitrogens is 5. The van der Waals surface area contributed by atoms with Crippen LogP contribution >= 0.6 is 22.7 Å². The van der Waals surface area contributed by atoms with E-state index in [-0.39, 0.29) is 11.9 Å². The average molecular weight is 466 g/mol. The maximum absolute atomic E-state index is 13.2. The number of thiophene rings is 2. The Morgan fingerprint density at radius 3 is 2.53 bits per heavy atom. The van der Waals surface area contributed by atoms with Gasteiger partial charge in [0, 0.05) is 6.04 Å². The summed E-state index contributed by atoms with van der Waals surface area (Å²) in [5.74, 6) is 0.146. The highest BCUT2D eigenvalue weighted by atomic mass is 32.1. The van der Waals surface area contributed by atoms with Gasteiger partial charge in [0.05, 0.1) is 32.6 Å². The van der Waals surface area contributed by atoms with Crippen LogP contribution in [0.2, 0.25) is 0 Å². The molecular weight excluding hydrogens is 446 g/mol. The zero-order chi connectivity index (χ0) is 22.2. The van der Waals surface area contributed by atoms with Crippen LogP contribution in [-0.4, -0.2) is 30.9 Å². The summed E-state index contributed by atoms with van der Waals surface area (Å²) in [5, 5.41) is 17.1. The van der Waals surface area contributed by atoms with Gasteiger partial charge in [0.2, 0.25) is 0 Å². The van der Waals surface area contributed by atoms with E-state index in [0.29, 0.717) is 28.2 Å². The van der Waals surface area contributed by atoms with Crippen LogP contribution in [0.4, 0.5) is 0 Å². The molecule has 5 rings (SSSR count). The van der Waals surface area contributed by atoms with Crippen LogP contribution in [0, 0.1) is 0 Å². The molecule has 8 nitrogen and oxygen atoms in total. The largest absolute Gasteiger partial charge is 0.449 e. The van der Waals surface area contributed by atoms with Gasteiger partial charge in [0.25, 0.3) is 11.8 Å². The number of fused-ring (bicyclic) bond motifs is 1. The predicted octanol–water partition coefficient (Wildman–Crippen LogP) is 5.77. The molecule has 0 aliphatic carbocycles. The van der Waals surface area contributed by atoms with E-state index in [1.54, 1.807) is 35.2 Å². The Hall–Kier alpha value is -3.37. The molecule has 0 spiro atoms. The second kappa shape index (κ2) is 8.29. The Morgan fingerprint density at radius 2 is 1.84 bits per heavy atom. The van der Waals surface area contributed by atoms with E-state index in [1.165, 1.54) is 11.3 Å². The first-order valence-electron chi connectivity index (χ1n) is 10.0. The van der Waals surface area contributed by atoms with Crippen LogP contribution in [-0.2, 0) is 4.74 Å². The molecule has 0 aliphatic rings. The zero-order valence-electron chi connectivity index (χ0n) is 17.6. The summed E-state index contributed by atoms with van der Waals surface area (Å²) in [6, 6.07) is 9.56. The third-order valence-electron chi connectivity index (χ3n) is 4.85. The van der Waals surface area contributed by atoms with Gasteiger partial charge in [-0.15, -0.1) is 32.9 Å². The lowest BCUT2D eigenvalue weighted by Crippen LogP contribution is -2.11. The molecule has 162 valence electrons. The van der Waals surface area contributed by atoms with Crippen molar-refractivity contribution in [2.45, 2.75) is 32.9 Å². The van der Waals surface area contributed by atoms with Crippen molar-refractivity contribution in [3.63, 3.8) is 0 Å². The molecule has 5 heterocycles. The van der Waals surface area contributed by atoms with Crippen LogP contribution < -0.4 is 0 Å². The van der Waals surface area contributed by atoms with Gasteiger partial charge in [-0.1, -0.05) is 12.1 Å². The number of carbonyl (C=O) groups is 1. The maximum Gasteiger partial charge on any atom is 0.339 e. The lowest BCUT2D eigenvalue weighted by atomic mass is 10.1. The molecule has 5 aromatic rings. The molecular formula is C22H19N5O3S2. The van der Waals surface area contributed by atoms with Crippen LogP contribution in [0.25, 0.3) is 32.4 Å². The fourth-order valence-corrected chi connectivity index (χ4v) is 4.62. The van der Waals surface area contributed by atoms with E-state index >= 15 is 0 Å². The predicted molar refractivity (Wildman–Crippen MR) is 123 cm³/mol. The van der Waals surface area contributed by atoms with Crippen molar-refractivity contribution in [3.8, 4) is 21.3 Å². The minimum Gasteiger partial charge on any atom is -0.449 e. The second-order valence-electron chi connectivity index (χ2n) is 7.42. The van der Waals surface area contributed by atoms with Gasteiger partial charge in [0.1, 0.15) is 0 Å². The monoisotopic (exact) mass is 465 g/mol. The molecule has 10 heteroatoms. The van der Waals surface area contributed by atoms with Crippen molar-refractivity contribution in [2.75, 3.05) is 0 Å². The van der Waals surface area contributed by atoms with E-state index in [4.69, 9.17) is 14.1 Å². The van der Waals surface area contributed by atoms with Crippen molar-refractivity contribution in [3.05, 3.63) is 58.7 Å². The number of nitrogens with zero attached hydrogens (tertiary/aromatic N) is 5. The second-order valence-corrected chi connectivity index (χ2v) is 9.32. The zero-order valence-corrected chi connectivity index (χ0v) is 19.2. The standard InChI is InChI=1S/C22H19N5O3S2/c1-12(2)27-19-15(11-23-27)14(10-16(24-19)17-6-4-8-31-17)22(28)29-13(3)20-25-26-21(30-20)18-7-5-9-32-18/h4-13H,1-3H3. The topological polar surface area (TPSA) is 95.9 Å². The quantitative estimate of drug-likeness (QED) is 0.294. The number of esters is 1. The Morgan fingerprint density at radius 1 is 1.09 bits per heavy atom. The molecule has 5 aromatic heterocycles. The Balaban J connectivity index is 1.49. The third-order valence-corrected chi connectivity index (χ3v) is 6.60. The molecule has 0 fully saturated rings. The summed E-state index contributed by atoms with van der Waals surface area (Å²) in [7, 11) is 0. The van der Waals surface area contributed by atoms with Crippen LogP contribution in [0.3, 0.4) is 0 Å². The normalized spacial score (nSPS) is 12.5. The molecule has 0 aliphatic heterocycles. The van der Waals surface area contributed by atoms with Crippen molar-refractivity contribution in [1.29, 1.82) is 0 Å². The summed E-state index contributed by atoms with van der Waals surface area (Å²) in [5.41, 5.74) is 1.74. The van der Waals surface area contributed by atoms with Gasteiger partial charge in [-0.25, -0.2) is 14.5 Å². The van der Waals surface area contributed by atoms with Crippen LogP contribution in [0.1, 0.15) is 49.2 Å². The van der Waals surface area contributed by atoms with Gasteiger partial charge < -0.3 is 9.15 Å². The first kappa shape index (κ1) is 20.5. The Labute approximate surface area is 191 Å². The summed E-state index contributed by atoms with van der Waals surface area (Å²) in [6.07, 6.45) is 0.945. The molecule has 32 heavy (non-hydrogen) atoms. The number of carbonyl (C=O) groups excluding carboxylic acids is 1. The van der Waals surface area contributed by atoms with E-state index < -0.39 is 12.1 Å².